The fraction of sp³-hybridized carbons (Fsp3) is 0.300. The molecule has 0 bridgehead atoms. The van der Waals surface area contributed by atoms with E-state index in [-0.39, 0.29) is 0 Å². The standard InChI is InChI=1S/C20H22N6/c1-14-19(15-5-7-17(21)22-11-15)20(25-13-24-14)16-6-8-18(23-12-16)26-9-3-2-4-10-26/h5-8,11-13H,2-4,9-10H2,1H3,(H2,21,22). The van der Waals surface area contributed by atoms with Crippen LogP contribution < -0.4 is 10.6 Å². The van der Waals surface area contributed by atoms with Crippen molar-refractivity contribution < 1.29 is 0 Å². The SMILES string of the molecule is Cc1ncnc(-c2ccc(N3CCCCC3)nc2)c1-c1ccc(N)nc1. The van der Waals surface area contributed by atoms with Gasteiger partial charge in [0.25, 0.3) is 0 Å². The second-order valence-corrected chi connectivity index (χ2v) is 6.61. The smallest absolute Gasteiger partial charge is 0.128 e. The van der Waals surface area contributed by atoms with Crippen molar-refractivity contribution >= 4 is 11.6 Å². The van der Waals surface area contributed by atoms with Crippen molar-refractivity contribution in [1.29, 1.82) is 0 Å². The third kappa shape index (κ3) is 3.22. The van der Waals surface area contributed by atoms with Crippen LogP contribution in [0, 0.1) is 6.92 Å². The number of aromatic nitrogens is 4. The van der Waals surface area contributed by atoms with Crippen molar-refractivity contribution in [1.82, 2.24) is 19.9 Å². The normalized spacial score (nSPS) is 14.4. The molecule has 3 aromatic heterocycles. The number of nitrogen functional groups attached to an aromatic ring is 1. The van der Waals surface area contributed by atoms with E-state index in [1.807, 2.05) is 19.2 Å². The molecule has 0 saturated carbocycles. The second-order valence-electron chi connectivity index (χ2n) is 6.61. The van der Waals surface area contributed by atoms with Crippen LogP contribution in [0.15, 0.2) is 43.0 Å². The minimum Gasteiger partial charge on any atom is -0.384 e. The van der Waals surface area contributed by atoms with Crippen molar-refractivity contribution in [3.8, 4) is 22.4 Å². The number of anilines is 2. The lowest BCUT2D eigenvalue weighted by Crippen LogP contribution is -2.29. The highest BCUT2D eigenvalue weighted by Gasteiger charge is 2.15. The van der Waals surface area contributed by atoms with Crippen molar-refractivity contribution in [2.75, 3.05) is 23.7 Å². The molecule has 0 amide bonds. The average molecular weight is 346 g/mol. The number of aryl methyl sites for hydroxylation is 1. The maximum Gasteiger partial charge on any atom is 0.128 e. The molecule has 0 radical (unpaired) electrons. The molecule has 0 atom stereocenters. The summed E-state index contributed by atoms with van der Waals surface area (Å²) in [5, 5.41) is 0. The van der Waals surface area contributed by atoms with Gasteiger partial charge in [0.1, 0.15) is 18.0 Å². The third-order valence-electron chi connectivity index (χ3n) is 4.81. The van der Waals surface area contributed by atoms with Gasteiger partial charge in [0.15, 0.2) is 0 Å². The molecular weight excluding hydrogens is 324 g/mol. The highest BCUT2D eigenvalue weighted by Crippen LogP contribution is 2.32. The predicted octanol–water partition coefficient (Wildman–Crippen LogP) is 3.48. The van der Waals surface area contributed by atoms with Gasteiger partial charge in [-0.2, -0.15) is 0 Å². The lowest BCUT2D eigenvalue weighted by molar-refractivity contribution is 0.573. The summed E-state index contributed by atoms with van der Waals surface area (Å²) in [5.74, 6) is 1.53. The van der Waals surface area contributed by atoms with Crippen LogP contribution in [-0.4, -0.2) is 33.0 Å². The van der Waals surface area contributed by atoms with Crippen LogP contribution in [0.2, 0.25) is 0 Å². The number of nitrogens with two attached hydrogens (primary N) is 1. The van der Waals surface area contributed by atoms with Crippen LogP contribution in [0.4, 0.5) is 11.6 Å². The first-order chi connectivity index (χ1) is 12.7. The fourth-order valence-electron chi connectivity index (χ4n) is 3.43. The van der Waals surface area contributed by atoms with E-state index in [0.717, 1.165) is 47.0 Å². The van der Waals surface area contributed by atoms with Crippen molar-refractivity contribution in [2.45, 2.75) is 26.2 Å². The van der Waals surface area contributed by atoms with Gasteiger partial charge in [-0.25, -0.2) is 19.9 Å². The Kier molecular flexibility index (Phi) is 4.48. The average Bonchev–Trinajstić information content (AvgIpc) is 2.69. The Hall–Kier alpha value is -3.02. The summed E-state index contributed by atoms with van der Waals surface area (Å²) in [6.45, 7) is 4.15. The van der Waals surface area contributed by atoms with E-state index in [4.69, 9.17) is 5.73 Å². The van der Waals surface area contributed by atoms with Gasteiger partial charge in [-0.05, 0) is 50.5 Å². The predicted molar refractivity (Wildman–Crippen MR) is 104 cm³/mol. The van der Waals surface area contributed by atoms with Gasteiger partial charge in [0.05, 0.1) is 5.69 Å². The first-order valence-corrected chi connectivity index (χ1v) is 8.97. The summed E-state index contributed by atoms with van der Waals surface area (Å²) in [6, 6.07) is 7.92. The van der Waals surface area contributed by atoms with E-state index in [9.17, 15) is 0 Å². The Balaban J connectivity index is 1.71. The molecule has 1 fully saturated rings. The van der Waals surface area contributed by atoms with Crippen LogP contribution in [0.25, 0.3) is 22.4 Å². The minimum absolute atomic E-state index is 0.498. The Morgan fingerprint density at radius 1 is 0.846 bits per heavy atom. The summed E-state index contributed by atoms with van der Waals surface area (Å²) in [7, 11) is 0. The molecule has 6 nitrogen and oxygen atoms in total. The third-order valence-corrected chi connectivity index (χ3v) is 4.81. The van der Waals surface area contributed by atoms with Crippen LogP contribution in [0.1, 0.15) is 25.0 Å². The van der Waals surface area contributed by atoms with Crippen molar-refractivity contribution in [3.05, 3.63) is 48.7 Å². The molecule has 6 heteroatoms. The van der Waals surface area contributed by atoms with E-state index >= 15 is 0 Å². The highest BCUT2D eigenvalue weighted by atomic mass is 15.2. The Morgan fingerprint density at radius 2 is 1.62 bits per heavy atom. The van der Waals surface area contributed by atoms with E-state index in [1.165, 1.54) is 19.3 Å². The molecule has 1 aliphatic rings. The molecule has 4 heterocycles. The topological polar surface area (TPSA) is 80.8 Å². The molecule has 2 N–H and O–H groups in total. The first kappa shape index (κ1) is 16.4. The molecule has 1 saturated heterocycles. The lowest BCUT2D eigenvalue weighted by Gasteiger charge is -2.27. The van der Waals surface area contributed by atoms with Gasteiger partial charge in [-0.1, -0.05) is 0 Å². The molecule has 26 heavy (non-hydrogen) atoms. The first-order valence-electron chi connectivity index (χ1n) is 8.97. The zero-order valence-corrected chi connectivity index (χ0v) is 14.9. The van der Waals surface area contributed by atoms with Crippen LogP contribution in [-0.2, 0) is 0 Å². The van der Waals surface area contributed by atoms with E-state index in [2.05, 4.69) is 37.0 Å². The maximum absolute atomic E-state index is 5.72. The summed E-state index contributed by atoms with van der Waals surface area (Å²) < 4.78 is 0. The number of piperidine rings is 1. The molecule has 3 aromatic rings. The molecule has 1 aliphatic heterocycles. The number of nitrogens with zero attached hydrogens (tertiary/aromatic N) is 5. The summed E-state index contributed by atoms with van der Waals surface area (Å²) >= 11 is 0. The maximum atomic E-state index is 5.72. The van der Waals surface area contributed by atoms with E-state index < -0.39 is 0 Å². The number of hydrogen-bond acceptors (Lipinski definition) is 6. The summed E-state index contributed by atoms with van der Waals surface area (Å²) in [4.78, 5) is 20.1. The highest BCUT2D eigenvalue weighted by molar-refractivity contribution is 5.81. The lowest BCUT2D eigenvalue weighted by atomic mass is 10.00. The molecule has 0 unspecified atom stereocenters. The van der Waals surface area contributed by atoms with Gasteiger partial charge in [0.2, 0.25) is 0 Å². The van der Waals surface area contributed by atoms with Crippen LogP contribution >= 0.6 is 0 Å². The van der Waals surface area contributed by atoms with Gasteiger partial charge >= 0.3 is 0 Å². The number of hydrogen-bond donors (Lipinski definition) is 1. The quantitative estimate of drug-likeness (QED) is 0.782. The number of pyridine rings is 2. The zero-order valence-electron chi connectivity index (χ0n) is 14.9. The van der Waals surface area contributed by atoms with Crippen molar-refractivity contribution in [3.63, 3.8) is 0 Å². The Bertz CT molecular complexity index is 883. The molecule has 0 spiro atoms. The zero-order chi connectivity index (χ0) is 17.9. The second kappa shape index (κ2) is 7.07. The molecule has 0 aliphatic carbocycles. The van der Waals surface area contributed by atoms with E-state index in [0.29, 0.717) is 5.82 Å². The van der Waals surface area contributed by atoms with Gasteiger partial charge in [-0.15, -0.1) is 0 Å². The molecule has 132 valence electrons. The summed E-state index contributed by atoms with van der Waals surface area (Å²) in [5.41, 5.74) is 10.4. The Morgan fingerprint density at radius 3 is 2.31 bits per heavy atom. The van der Waals surface area contributed by atoms with Crippen LogP contribution in [0.3, 0.4) is 0 Å². The van der Waals surface area contributed by atoms with Gasteiger partial charge < -0.3 is 10.6 Å². The van der Waals surface area contributed by atoms with Gasteiger partial charge in [0, 0.05) is 47.9 Å². The fourth-order valence-corrected chi connectivity index (χ4v) is 3.43. The van der Waals surface area contributed by atoms with Crippen molar-refractivity contribution in [2.24, 2.45) is 0 Å². The minimum atomic E-state index is 0.498. The Labute approximate surface area is 153 Å². The summed E-state index contributed by atoms with van der Waals surface area (Å²) in [6.07, 6.45) is 9.05. The number of rotatable bonds is 3. The van der Waals surface area contributed by atoms with Gasteiger partial charge in [-0.3, -0.25) is 0 Å². The van der Waals surface area contributed by atoms with Crippen LogP contribution in [0.5, 0.6) is 0 Å². The van der Waals surface area contributed by atoms with E-state index in [1.54, 1.807) is 18.6 Å². The molecule has 0 aromatic carbocycles. The largest absolute Gasteiger partial charge is 0.384 e. The monoisotopic (exact) mass is 346 g/mol. The molecular formula is C20H22N6. The molecule has 4 rings (SSSR count).